The van der Waals surface area contributed by atoms with Gasteiger partial charge >= 0.3 is 5.97 Å². The number of carbonyl (C=O) groups is 3. The van der Waals surface area contributed by atoms with Crippen LogP contribution in [0.25, 0.3) is 10.9 Å². The quantitative estimate of drug-likeness (QED) is 0.692. The molecular formula is C20H18N2O5. The molecule has 0 atom stereocenters. The summed E-state index contributed by atoms with van der Waals surface area (Å²) in [4.78, 5) is 36.4. The topological polar surface area (TPSA) is 97.6 Å². The van der Waals surface area contributed by atoms with Crippen LogP contribution in [0.15, 0.2) is 48.7 Å². The molecule has 0 bridgehead atoms. The van der Waals surface area contributed by atoms with Crippen molar-refractivity contribution in [1.29, 1.82) is 0 Å². The molecule has 2 aromatic carbocycles. The van der Waals surface area contributed by atoms with Crippen molar-refractivity contribution >= 4 is 34.4 Å². The maximum atomic E-state index is 12.8. The Morgan fingerprint density at radius 2 is 1.89 bits per heavy atom. The molecule has 0 saturated heterocycles. The summed E-state index contributed by atoms with van der Waals surface area (Å²) in [5.74, 6) is -1.22. The Balaban J connectivity index is 2.00. The van der Waals surface area contributed by atoms with Gasteiger partial charge in [0, 0.05) is 24.2 Å². The van der Waals surface area contributed by atoms with Crippen LogP contribution in [0.2, 0.25) is 0 Å². The molecule has 3 rings (SSSR count). The predicted molar refractivity (Wildman–Crippen MR) is 99.9 cm³/mol. The minimum atomic E-state index is -0.575. The zero-order valence-corrected chi connectivity index (χ0v) is 14.9. The highest BCUT2D eigenvalue weighted by atomic mass is 16.5. The summed E-state index contributed by atoms with van der Waals surface area (Å²) >= 11 is 0. The van der Waals surface area contributed by atoms with E-state index < -0.39 is 11.9 Å². The minimum Gasteiger partial charge on any atom is -0.465 e. The standard InChI is InChI=1S/C20H18N2O5/c1-12(24)22-10-17(16-5-3-4-6-18(16)22)19(25)21-15-8-13(11-23)7-14(9-15)20(26)27-2/h3-10,23H,11H2,1-2H3,(H,21,25). The smallest absolute Gasteiger partial charge is 0.337 e. The third kappa shape index (κ3) is 3.58. The number of methoxy groups -OCH3 is 1. The van der Waals surface area contributed by atoms with Crippen LogP contribution in [0.3, 0.4) is 0 Å². The summed E-state index contributed by atoms with van der Waals surface area (Å²) in [6.07, 6.45) is 1.49. The lowest BCUT2D eigenvalue weighted by Crippen LogP contribution is -2.13. The van der Waals surface area contributed by atoms with Crippen LogP contribution < -0.4 is 5.32 Å². The number of aromatic nitrogens is 1. The largest absolute Gasteiger partial charge is 0.465 e. The number of rotatable bonds is 4. The maximum Gasteiger partial charge on any atom is 0.337 e. The van der Waals surface area contributed by atoms with Crippen LogP contribution in [0.4, 0.5) is 5.69 Å². The van der Waals surface area contributed by atoms with Gasteiger partial charge in [0.1, 0.15) is 0 Å². The number of anilines is 1. The Morgan fingerprint density at radius 3 is 2.56 bits per heavy atom. The van der Waals surface area contributed by atoms with E-state index in [2.05, 4.69) is 5.32 Å². The van der Waals surface area contributed by atoms with E-state index in [0.29, 0.717) is 27.7 Å². The monoisotopic (exact) mass is 366 g/mol. The molecule has 0 radical (unpaired) electrons. The Morgan fingerprint density at radius 1 is 1.15 bits per heavy atom. The van der Waals surface area contributed by atoms with Gasteiger partial charge in [-0.25, -0.2) is 4.79 Å². The zero-order chi connectivity index (χ0) is 19.6. The van der Waals surface area contributed by atoms with E-state index in [0.717, 1.165) is 0 Å². The van der Waals surface area contributed by atoms with Gasteiger partial charge in [0.25, 0.3) is 5.91 Å². The number of aliphatic hydroxyl groups is 1. The van der Waals surface area contributed by atoms with Crippen molar-refractivity contribution < 1.29 is 24.2 Å². The summed E-state index contributed by atoms with van der Waals surface area (Å²) in [6.45, 7) is 1.12. The first-order valence-electron chi connectivity index (χ1n) is 8.20. The van der Waals surface area contributed by atoms with Crippen molar-refractivity contribution in [2.75, 3.05) is 12.4 Å². The number of hydrogen-bond acceptors (Lipinski definition) is 5. The summed E-state index contributed by atoms with van der Waals surface area (Å²) in [7, 11) is 1.25. The molecule has 1 heterocycles. The van der Waals surface area contributed by atoms with Gasteiger partial charge in [-0.05, 0) is 29.8 Å². The van der Waals surface area contributed by atoms with E-state index in [-0.39, 0.29) is 18.1 Å². The number of para-hydroxylation sites is 1. The van der Waals surface area contributed by atoms with Crippen LogP contribution in [-0.4, -0.2) is 34.6 Å². The van der Waals surface area contributed by atoms with Crippen molar-refractivity contribution in [2.45, 2.75) is 13.5 Å². The molecule has 0 saturated carbocycles. The van der Waals surface area contributed by atoms with E-state index in [1.165, 1.54) is 36.9 Å². The molecule has 7 nitrogen and oxygen atoms in total. The van der Waals surface area contributed by atoms with Crippen LogP contribution >= 0.6 is 0 Å². The fraction of sp³-hybridized carbons (Fsp3) is 0.150. The molecule has 1 aromatic heterocycles. The fourth-order valence-corrected chi connectivity index (χ4v) is 2.91. The molecule has 138 valence electrons. The second-order valence-electron chi connectivity index (χ2n) is 5.97. The number of nitrogens with one attached hydrogen (secondary N) is 1. The van der Waals surface area contributed by atoms with Gasteiger partial charge < -0.3 is 15.2 Å². The average molecular weight is 366 g/mol. The van der Waals surface area contributed by atoms with Crippen LogP contribution in [0.1, 0.15) is 38.0 Å². The van der Waals surface area contributed by atoms with E-state index in [4.69, 9.17) is 4.74 Å². The molecule has 27 heavy (non-hydrogen) atoms. The Hall–Kier alpha value is -3.45. The summed E-state index contributed by atoms with van der Waals surface area (Å²) < 4.78 is 6.10. The van der Waals surface area contributed by atoms with Crippen molar-refractivity contribution in [3.63, 3.8) is 0 Å². The molecule has 3 aromatic rings. The lowest BCUT2D eigenvalue weighted by Gasteiger charge is -2.09. The Labute approximate surface area is 155 Å². The maximum absolute atomic E-state index is 12.8. The normalized spacial score (nSPS) is 10.6. The number of aliphatic hydroxyl groups excluding tert-OH is 1. The average Bonchev–Trinajstić information content (AvgIpc) is 3.07. The fourth-order valence-electron chi connectivity index (χ4n) is 2.91. The first-order chi connectivity index (χ1) is 12.9. The summed E-state index contributed by atoms with van der Waals surface area (Å²) in [5.41, 5.74) is 1.97. The third-order valence-electron chi connectivity index (χ3n) is 4.15. The molecule has 0 fully saturated rings. The van der Waals surface area contributed by atoms with Crippen LogP contribution in [0, 0.1) is 0 Å². The van der Waals surface area contributed by atoms with E-state index in [1.54, 1.807) is 30.3 Å². The summed E-state index contributed by atoms with van der Waals surface area (Å²) in [5, 5.41) is 12.7. The Kier molecular flexibility index (Phi) is 5.05. The Bertz CT molecular complexity index is 1050. The van der Waals surface area contributed by atoms with Gasteiger partial charge in [0.2, 0.25) is 5.91 Å². The first-order valence-corrected chi connectivity index (χ1v) is 8.20. The lowest BCUT2D eigenvalue weighted by molar-refractivity contribution is 0.0600. The van der Waals surface area contributed by atoms with Gasteiger partial charge in [-0.3, -0.25) is 14.2 Å². The minimum absolute atomic E-state index is 0.208. The van der Waals surface area contributed by atoms with E-state index >= 15 is 0 Å². The molecule has 7 heteroatoms. The second kappa shape index (κ2) is 7.43. The molecule has 0 spiro atoms. The van der Waals surface area contributed by atoms with E-state index in [9.17, 15) is 19.5 Å². The van der Waals surface area contributed by atoms with Gasteiger partial charge in [-0.2, -0.15) is 0 Å². The van der Waals surface area contributed by atoms with Gasteiger partial charge in [0.05, 0.1) is 30.4 Å². The predicted octanol–water partition coefficient (Wildman–Crippen LogP) is 2.83. The lowest BCUT2D eigenvalue weighted by atomic mass is 10.1. The molecule has 0 aliphatic carbocycles. The third-order valence-corrected chi connectivity index (χ3v) is 4.15. The molecule has 0 aliphatic rings. The van der Waals surface area contributed by atoms with Gasteiger partial charge in [-0.15, -0.1) is 0 Å². The van der Waals surface area contributed by atoms with Crippen molar-refractivity contribution in [3.8, 4) is 0 Å². The first kappa shape index (κ1) is 18.3. The van der Waals surface area contributed by atoms with Crippen molar-refractivity contribution in [3.05, 3.63) is 65.4 Å². The zero-order valence-electron chi connectivity index (χ0n) is 14.9. The highest BCUT2D eigenvalue weighted by Crippen LogP contribution is 2.23. The molecule has 2 N–H and O–H groups in total. The van der Waals surface area contributed by atoms with E-state index in [1.807, 2.05) is 0 Å². The number of carbonyl (C=O) groups excluding carboxylic acids is 3. The van der Waals surface area contributed by atoms with Gasteiger partial charge in [-0.1, -0.05) is 18.2 Å². The number of nitrogens with zero attached hydrogens (tertiary/aromatic N) is 1. The van der Waals surface area contributed by atoms with Gasteiger partial charge in [0.15, 0.2) is 0 Å². The number of amides is 1. The van der Waals surface area contributed by atoms with Crippen molar-refractivity contribution in [2.24, 2.45) is 0 Å². The second-order valence-corrected chi connectivity index (χ2v) is 5.97. The number of benzene rings is 2. The van der Waals surface area contributed by atoms with Crippen molar-refractivity contribution in [1.82, 2.24) is 4.57 Å². The SMILES string of the molecule is COC(=O)c1cc(CO)cc(NC(=O)c2cn(C(C)=O)c3ccccc23)c1. The molecule has 1 amide bonds. The molecule has 0 unspecified atom stereocenters. The number of fused-ring (bicyclic) bond motifs is 1. The molecular weight excluding hydrogens is 348 g/mol. The van der Waals surface area contributed by atoms with Crippen LogP contribution in [-0.2, 0) is 11.3 Å². The number of esters is 1. The number of ether oxygens (including phenoxy) is 1. The highest BCUT2D eigenvalue weighted by molar-refractivity contribution is 6.14. The molecule has 0 aliphatic heterocycles. The number of hydrogen-bond donors (Lipinski definition) is 2. The summed E-state index contributed by atoms with van der Waals surface area (Å²) in [6, 6.07) is 11.6. The highest BCUT2D eigenvalue weighted by Gasteiger charge is 2.17. The van der Waals surface area contributed by atoms with Crippen LogP contribution in [0.5, 0.6) is 0 Å².